The number of para-hydroxylation sites is 2. The van der Waals surface area contributed by atoms with E-state index >= 15 is 0 Å². The predicted molar refractivity (Wildman–Crippen MR) is 227 cm³/mol. The number of benzene rings is 10. The first-order valence-corrected chi connectivity index (χ1v) is 17.9. The number of hydrogen-bond acceptors (Lipinski definition) is 2. The van der Waals surface area contributed by atoms with Crippen molar-refractivity contribution in [3.8, 4) is 33.4 Å². The number of fused-ring (bicyclic) bond motifs is 12. The summed E-state index contributed by atoms with van der Waals surface area (Å²) in [4.78, 5) is 0. The molecule has 0 radical (unpaired) electrons. The van der Waals surface area contributed by atoms with Gasteiger partial charge in [-0.1, -0.05) is 158 Å². The van der Waals surface area contributed by atoms with Crippen LogP contribution in [-0.4, -0.2) is 0 Å². The summed E-state index contributed by atoms with van der Waals surface area (Å²) in [6, 6.07) is 44.5. The zero-order chi connectivity index (χ0) is 41.4. The molecule has 12 rings (SSSR count). The summed E-state index contributed by atoms with van der Waals surface area (Å²) in [7, 11) is 0. The van der Waals surface area contributed by atoms with Crippen LogP contribution in [0.5, 0.6) is 0 Å². The van der Waals surface area contributed by atoms with Gasteiger partial charge in [-0.05, 0) is 84.2 Å². The fraction of sp³-hybridized carbons (Fsp3) is 0. The van der Waals surface area contributed by atoms with Crippen molar-refractivity contribution in [3.05, 3.63) is 182 Å². The van der Waals surface area contributed by atoms with Gasteiger partial charge in [-0.25, -0.2) is 0 Å². The summed E-state index contributed by atoms with van der Waals surface area (Å²) >= 11 is 0. The Balaban J connectivity index is 1.13. The summed E-state index contributed by atoms with van der Waals surface area (Å²) in [5.74, 6) is 0. The minimum absolute atomic E-state index is 0.0616. The van der Waals surface area contributed by atoms with Gasteiger partial charge in [-0.15, -0.1) is 0 Å². The van der Waals surface area contributed by atoms with E-state index < -0.39 is 12.1 Å². The van der Waals surface area contributed by atoms with Crippen LogP contribution >= 0.6 is 0 Å². The Hall–Kier alpha value is -7.16. The second-order valence-electron chi connectivity index (χ2n) is 13.8. The SMILES string of the molecule is [2H]c1c([2H])c([2H])c2c(-c3ccc(-c4c5ccccc5c(-c5cc6ccc7oc8ccccc8c7c6c6c5oc5ccccc56)c5ccccc45)cc3)c([2H])c([2H])c([2H])c2c1[2H]. The molecular formula is C52H30O2. The van der Waals surface area contributed by atoms with Gasteiger partial charge in [-0.3, -0.25) is 0 Å². The van der Waals surface area contributed by atoms with Crippen molar-refractivity contribution in [2.24, 2.45) is 0 Å². The molecule has 10 aromatic carbocycles. The second kappa shape index (κ2) is 11.2. The molecule has 0 N–H and O–H groups in total. The van der Waals surface area contributed by atoms with Crippen LogP contribution in [0.4, 0.5) is 0 Å². The van der Waals surface area contributed by atoms with Crippen LogP contribution in [0, 0.1) is 0 Å². The lowest BCUT2D eigenvalue weighted by Crippen LogP contribution is -1.92. The van der Waals surface area contributed by atoms with Gasteiger partial charge < -0.3 is 8.83 Å². The van der Waals surface area contributed by atoms with Crippen LogP contribution in [0.1, 0.15) is 9.60 Å². The van der Waals surface area contributed by atoms with Gasteiger partial charge >= 0.3 is 0 Å². The lowest BCUT2D eigenvalue weighted by molar-refractivity contribution is 0.669. The van der Waals surface area contributed by atoms with Gasteiger partial charge in [0, 0.05) is 38.1 Å². The molecule has 0 aliphatic heterocycles. The van der Waals surface area contributed by atoms with Crippen molar-refractivity contribution < 1.29 is 18.4 Å². The zero-order valence-corrected chi connectivity index (χ0v) is 28.6. The zero-order valence-electron chi connectivity index (χ0n) is 35.6. The summed E-state index contributed by atoms with van der Waals surface area (Å²) in [5, 5.41) is 10.5. The van der Waals surface area contributed by atoms with Gasteiger partial charge in [0.05, 0.1) is 9.60 Å². The van der Waals surface area contributed by atoms with E-state index in [1.54, 1.807) is 0 Å². The molecule has 54 heavy (non-hydrogen) atoms. The molecule has 2 nitrogen and oxygen atoms in total. The Bertz CT molecular complexity index is 3840. The highest BCUT2D eigenvalue weighted by atomic mass is 16.3. The highest BCUT2D eigenvalue weighted by molar-refractivity contribution is 6.34. The molecule has 0 saturated heterocycles. The average Bonchev–Trinajstić information content (AvgIpc) is 3.88. The molecule has 0 spiro atoms. The molecule has 0 aliphatic carbocycles. The van der Waals surface area contributed by atoms with E-state index in [1.165, 1.54) is 0 Å². The molecule has 12 aromatic rings. The maximum absolute atomic E-state index is 8.92. The van der Waals surface area contributed by atoms with Crippen LogP contribution in [0.25, 0.3) is 120 Å². The number of rotatable bonds is 3. The van der Waals surface area contributed by atoms with Crippen LogP contribution in [0.2, 0.25) is 0 Å². The molecule has 0 atom stereocenters. The molecule has 0 fully saturated rings. The molecular weight excluding hydrogens is 657 g/mol. The molecule has 0 aliphatic rings. The van der Waals surface area contributed by atoms with Gasteiger partial charge in [0.25, 0.3) is 0 Å². The molecule has 0 amide bonds. The first-order chi connectivity index (χ1) is 29.7. The third-order valence-corrected chi connectivity index (χ3v) is 10.9. The smallest absolute Gasteiger partial charge is 0.143 e. The summed E-state index contributed by atoms with van der Waals surface area (Å²) in [6.07, 6.45) is 0. The quantitative estimate of drug-likeness (QED) is 0.172. The van der Waals surface area contributed by atoms with Gasteiger partial charge in [0.15, 0.2) is 0 Å². The normalized spacial score (nSPS) is 13.9. The minimum Gasteiger partial charge on any atom is -0.456 e. The number of furan rings is 2. The van der Waals surface area contributed by atoms with E-state index in [0.29, 0.717) is 5.56 Å². The van der Waals surface area contributed by atoms with Crippen molar-refractivity contribution in [3.63, 3.8) is 0 Å². The maximum atomic E-state index is 8.92. The van der Waals surface area contributed by atoms with Crippen molar-refractivity contribution in [1.82, 2.24) is 0 Å². The van der Waals surface area contributed by atoms with Crippen molar-refractivity contribution in [1.29, 1.82) is 0 Å². The molecule has 0 unspecified atom stereocenters. The summed E-state index contributed by atoms with van der Waals surface area (Å²) in [6.45, 7) is 0. The van der Waals surface area contributed by atoms with Crippen LogP contribution in [0.15, 0.2) is 191 Å². The Morgan fingerprint density at radius 1 is 0.352 bits per heavy atom. The van der Waals surface area contributed by atoms with Crippen molar-refractivity contribution in [2.45, 2.75) is 0 Å². The standard InChI is InChI=1S/C52H30O2/c1-2-14-35-31(12-1)13-11-21-36(35)32-24-26-33(27-25-32)47-37-15-3-5-17-39(37)49(40-18-6-4-16-38(40)47)43-30-34-28-29-46-50(41-19-7-9-22-44(41)53-46)48(34)51-42-20-8-10-23-45(42)54-52(43)51/h1-30H/i1D,2D,11D,12D,13D,14D,21D. The van der Waals surface area contributed by atoms with E-state index in [0.717, 1.165) is 98.4 Å². The highest BCUT2D eigenvalue weighted by Crippen LogP contribution is 2.50. The molecule has 2 heterocycles. The topological polar surface area (TPSA) is 26.3 Å². The van der Waals surface area contributed by atoms with Crippen molar-refractivity contribution in [2.75, 3.05) is 0 Å². The molecule has 2 aromatic heterocycles. The molecule has 0 bridgehead atoms. The van der Waals surface area contributed by atoms with Crippen LogP contribution in [0.3, 0.4) is 0 Å². The maximum Gasteiger partial charge on any atom is 0.143 e. The van der Waals surface area contributed by atoms with Crippen molar-refractivity contribution >= 4 is 87.0 Å². The first kappa shape index (κ1) is 23.4. The average molecular weight is 694 g/mol. The molecule has 2 heteroatoms. The van der Waals surface area contributed by atoms with Gasteiger partial charge in [0.2, 0.25) is 0 Å². The van der Waals surface area contributed by atoms with E-state index in [9.17, 15) is 0 Å². The monoisotopic (exact) mass is 693 g/mol. The second-order valence-corrected chi connectivity index (χ2v) is 13.8. The van der Waals surface area contributed by atoms with Gasteiger partial charge in [-0.2, -0.15) is 0 Å². The lowest BCUT2D eigenvalue weighted by atomic mass is 9.84. The van der Waals surface area contributed by atoms with E-state index in [1.807, 2.05) is 66.7 Å². The van der Waals surface area contributed by atoms with E-state index in [2.05, 4.69) is 72.8 Å². The van der Waals surface area contributed by atoms with Crippen LogP contribution < -0.4 is 0 Å². The highest BCUT2D eigenvalue weighted by Gasteiger charge is 2.24. The fourth-order valence-electron chi connectivity index (χ4n) is 8.67. The molecule has 0 saturated carbocycles. The Morgan fingerprint density at radius 3 is 1.65 bits per heavy atom. The predicted octanol–water partition coefficient (Wildman–Crippen LogP) is 15.1. The Morgan fingerprint density at radius 2 is 0.926 bits per heavy atom. The first-order valence-electron chi connectivity index (χ1n) is 21.4. The fourth-order valence-corrected chi connectivity index (χ4v) is 8.67. The van der Waals surface area contributed by atoms with E-state index in [-0.39, 0.29) is 46.5 Å². The Kier molecular flexibility index (Phi) is 4.84. The molecule has 250 valence electrons. The van der Waals surface area contributed by atoms with Gasteiger partial charge in [0.1, 0.15) is 22.3 Å². The number of hydrogen-bond donors (Lipinski definition) is 0. The minimum atomic E-state index is -0.472. The van der Waals surface area contributed by atoms with Crippen LogP contribution in [-0.2, 0) is 0 Å². The lowest BCUT2D eigenvalue weighted by Gasteiger charge is -2.19. The van der Waals surface area contributed by atoms with E-state index in [4.69, 9.17) is 18.4 Å². The third kappa shape index (κ3) is 4.11. The third-order valence-electron chi connectivity index (χ3n) is 10.9. The summed E-state index contributed by atoms with van der Waals surface area (Å²) in [5.41, 5.74) is 7.92. The summed E-state index contributed by atoms with van der Waals surface area (Å²) < 4.78 is 73.4. The largest absolute Gasteiger partial charge is 0.456 e. The Labute approximate surface area is 319 Å².